The van der Waals surface area contributed by atoms with Gasteiger partial charge in [0.2, 0.25) is 0 Å². The van der Waals surface area contributed by atoms with Gasteiger partial charge in [-0.1, -0.05) is 5.92 Å². The topological polar surface area (TPSA) is 25.8 Å². The van der Waals surface area contributed by atoms with Gasteiger partial charge in [-0.05, 0) is 6.07 Å². The summed E-state index contributed by atoms with van der Waals surface area (Å²) >= 11 is 0. The van der Waals surface area contributed by atoms with Crippen LogP contribution in [0.2, 0.25) is 0 Å². The largest absolute Gasteiger partial charge is 0.264 e. The molecule has 2 heteroatoms. The lowest BCUT2D eigenvalue weighted by molar-refractivity contribution is 1.31. The van der Waals surface area contributed by atoms with Crippen LogP contribution in [0.5, 0.6) is 0 Å². The summed E-state index contributed by atoms with van der Waals surface area (Å²) in [7, 11) is 0. The number of rotatable bonds is 0. The van der Waals surface area contributed by atoms with Gasteiger partial charge in [0, 0.05) is 35.6 Å². The molecule has 0 bridgehead atoms. The minimum Gasteiger partial charge on any atom is -0.264 e. The number of pyridine rings is 2. The summed E-state index contributed by atoms with van der Waals surface area (Å²) in [5.41, 5.74) is 0.815. The zero-order valence-corrected chi connectivity index (χ0v) is 6.36. The van der Waals surface area contributed by atoms with Gasteiger partial charge in [0.1, 0.15) is 0 Å². The molecule has 0 aliphatic heterocycles. The Hall–Kier alpha value is -1.88. The van der Waals surface area contributed by atoms with Gasteiger partial charge in [0.25, 0.3) is 0 Å². The minimum atomic E-state index is 0.815. The summed E-state index contributed by atoms with van der Waals surface area (Å²) in [5, 5.41) is 2.01. The van der Waals surface area contributed by atoms with Crippen LogP contribution < -0.4 is 0 Å². The van der Waals surface area contributed by atoms with E-state index >= 15 is 0 Å². The van der Waals surface area contributed by atoms with Crippen LogP contribution in [0.15, 0.2) is 30.9 Å². The predicted octanol–water partition coefficient (Wildman–Crippen LogP) is 1.61. The van der Waals surface area contributed by atoms with E-state index in [2.05, 4.69) is 15.9 Å². The van der Waals surface area contributed by atoms with Crippen LogP contribution in [0.3, 0.4) is 0 Å². The number of hydrogen-bond acceptors (Lipinski definition) is 2. The maximum Gasteiger partial charge on any atom is 0.0505 e. The van der Waals surface area contributed by atoms with E-state index in [0.29, 0.717) is 0 Å². The van der Waals surface area contributed by atoms with Gasteiger partial charge in [-0.25, -0.2) is 0 Å². The van der Waals surface area contributed by atoms with Crippen molar-refractivity contribution < 1.29 is 0 Å². The average molecular weight is 154 g/mol. The SMILES string of the molecule is C#Cc1cncc2cnccc12. The molecule has 56 valence electrons. The van der Waals surface area contributed by atoms with Crippen molar-refractivity contribution in [2.75, 3.05) is 0 Å². The second-order valence-electron chi connectivity index (χ2n) is 2.43. The van der Waals surface area contributed by atoms with Crippen molar-refractivity contribution in [2.24, 2.45) is 0 Å². The lowest BCUT2D eigenvalue weighted by atomic mass is 10.1. The van der Waals surface area contributed by atoms with E-state index in [-0.39, 0.29) is 0 Å². The van der Waals surface area contributed by atoms with Crippen LogP contribution >= 0.6 is 0 Å². The molecule has 2 aromatic heterocycles. The van der Waals surface area contributed by atoms with Gasteiger partial charge in [-0.3, -0.25) is 9.97 Å². The van der Waals surface area contributed by atoms with Gasteiger partial charge in [0.05, 0.1) is 5.56 Å². The normalized spacial score (nSPS) is 9.58. The number of terminal acetylenes is 1. The molecule has 2 nitrogen and oxygen atoms in total. The Kier molecular flexibility index (Phi) is 1.49. The maximum atomic E-state index is 5.31. The first-order chi connectivity index (χ1) is 5.92. The molecule has 0 atom stereocenters. The van der Waals surface area contributed by atoms with Gasteiger partial charge in [-0.2, -0.15) is 0 Å². The highest BCUT2D eigenvalue weighted by Crippen LogP contribution is 2.13. The Bertz CT molecular complexity index is 449. The average Bonchev–Trinajstić information content (AvgIpc) is 2.17. The monoisotopic (exact) mass is 154 g/mol. The third-order valence-electron chi connectivity index (χ3n) is 1.71. The van der Waals surface area contributed by atoms with Gasteiger partial charge < -0.3 is 0 Å². The lowest BCUT2D eigenvalue weighted by Gasteiger charge is -1.96. The van der Waals surface area contributed by atoms with Gasteiger partial charge in [0.15, 0.2) is 0 Å². The van der Waals surface area contributed by atoms with Crippen LogP contribution in [-0.2, 0) is 0 Å². The van der Waals surface area contributed by atoms with Gasteiger partial charge in [-0.15, -0.1) is 6.42 Å². The van der Waals surface area contributed by atoms with Crippen molar-refractivity contribution in [3.63, 3.8) is 0 Å². The van der Waals surface area contributed by atoms with Crippen molar-refractivity contribution in [1.82, 2.24) is 9.97 Å². The Labute approximate surface area is 70.3 Å². The third-order valence-corrected chi connectivity index (χ3v) is 1.71. The molecular weight excluding hydrogens is 148 g/mol. The zero-order valence-electron chi connectivity index (χ0n) is 6.36. The minimum absolute atomic E-state index is 0.815. The highest BCUT2D eigenvalue weighted by Gasteiger charge is 1.96. The fourth-order valence-corrected chi connectivity index (χ4v) is 1.13. The Morgan fingerprint density at radius 2 is 2.00 bits per heavy atom. The number of hydrogen-bond donors (Lipinski definition) is 0. The summed E-state index contributed by atoms with van der Waals surface area (Å²) in [6, 6.07) is 1.90. The molecule has 2 heterocycles. The molecule has 12 heavy (non-hydrogen) atoms. The van der Waals surface area contributed by atoms with Crippen LogP contribution in [0.25, 0.3) is 10.8 Å². The van der Waals surface area contributed by atoms with Gasteiger partial charge >= 0.3 is 0 Å². The number of aromatic nitrogens is 2. The molecule has 0 fully saturated rings. The molecule has 0 spiro atoms. The Balaban J connectivity index is 2.91. The molecule has 0 saturated carbocycles. The molecule has 2 rings (SSSR count). The van der Waals surface area contributed by atoms with E-state index < -0.39 is 0 Å². The van der Waals surface area contributed by atoms with E-state index in [4.69, 9.17) is 6.42 Å². The zero-order chi connectivity index (χ0) is 8.39. The standard InChI is InChI=1S/C10H6N2/c1-2-8-5-12-7-9-6-11-4-3-10(8)9/h1,3-7H. The first-order valence-electron chi connectivity index (χ1n) is 3.56. The summed E-state index contributed by atoms with van der Waals surface area (Å²) in [4.78, 5) is 7.98. The van der Waals surface area contributed by atoms with Crippen molar-refractivity contribution >= 4 is 10.8 Å². The van der Waals surface area contributed by atoms with Crippen molar-refractivity contribution in [1.29, 1.82) is 0 Å². The fraction of sp³-hybridized carbons (Fsp3) is 0. The third kappa shape index (κ3) is 0.923. The Morgan fingerprint density at radius 3 is 2.83 bits per heavy atom. The number of fused-ring (bicyclic) bond motifs is 1. The summed E-state index contributed by atoms with van der Waals surface area (Å²) < 4.78 is 0. The summed E-state index contributed by atoms with van der Waals surface area (Å²) in [6.07, 6.45) is 12.2. The second kappa shape index (κ2) is 2.63. The molecule has 0 N–H and O–H groups in total. The fourth-order valence-electron chi connectivity index (χ4n) is 1.13. The quantitative estimate of drug-likeness (QED) is 0.539. The highest BCUT2D eigenvalue weighted by molar-refractivity contribution is 5.86. The van der Waals surface area contributed by atoms with Crippen LogP contribution in [0.4, 0.5) is 0 Å². The molecule has 0 aromatic carbocycles. The summed E-state index contributed by atoms with van der Waals surface area (Å²) in [6.45, 7) is 0. The molecule has 0 unspecified atom stereocenters. The first-order valence-corrected chi connectivity index (χ1v) is 3.56. The molecular formula is C10H6N2. The second-order valence-corrected chi connectivity index (χ2v) is 2.43. The first kappa shape index (κ1) is 6.81. The predicted molar refractivity (Wildman–Crippen MR) is 47.5 cm³/mol. The van der Waals surface area contributed by atoms with E-state index in [1.54, 1.807) is 24.8 Å². The van der Waals surface area contributed by atoms with Crippen LogP contribution in [0, 0.1) is 12.3 Å². The highest BCUT2D eigenvalue weighted by atomic mass is 14.7. The van der Waals surface area contributed by atoms with Crippen molar-refractivity contribution in [2.45, 2.75) is 0 Å². The van der Waals surface area contributed by atoms with Crippen LogP contribution in [0.1, 0.15) is 5.56 Å². The van der Waals surface area contributed by atoms with E-state index in [9.17, 15) is 0 Å². The summed E-state index contributed by atoms with van der Waals surface area (Å²) in [5.74, 6) is 2.58. The van der Waals surface area contributed by atoms with Crippen LogP contribution in [-0.4, -0.2) is 9.97 Å². The molecule has 0 saturated heterocycles. The van der Waals surface area contributed by atoms with E-state index in [1.807, 2.05) is 6.07 Å². The smallest absolute Gasteiger partial charge is 0.0505 e. The van der Waals surface area contributed by atoms with Crippen molar-refractivity contribution in [3.8, 4) is 12.3 Å². The van der Waals surface area contributed by atoms with E-state index in [0.717, 1.165) is 16.3 Å². The maximum absolute atomic E-state index is 5.31. The molecule has 0 amide bonds. The molecule has 0 aliphatic carbocycles. The Morgan fingerprint density at radius 1 is 1.17 bits per heavy atom. The van der Waals surface area contributed by atoms with Crippen molar-refractivity contribution in [3.05, 3.63) is 36.4 Å². The molecule has 0 radical (unpaired) electrons. The number of nitrogens with zero attached hydrogens (tertiary/aromatic N) is 2. The van der Waals surface area contributed by atoms with E-state index in [1.165, 1.54) is 0 Å². The molecule has 0 aliphatic rings. The molecule has 2 aromatic rings. The lowest BCUT2D eigenvalue weighted by Crippen LogP contribution is -1.82.